The maximum absolute atomic E-state index is 16.7. The van der Waals surface area contributed by atoms with Gasteiger partial charge in [0.1, 0.15) is 113 Å². The van der Waals surface area contributed by atoms with Gasteiger partial charge in [-0.25, -0.2) is 9.78 Å². The monoisotopic (exact) mass is 1880 g/mol. The molecule has 0 spiro atoms. The Balaban J connectivity index is 1.09. The quantitative estimate of drug-likeness (QED) is 0.0226. The summed E-state index contributed by atoms with van der Waals surface area (Å²) >= 11 is 14.7. The second-order valence-electron chi connectivity index (χ2n) is 33.4. The van der Waals surface area contributed by atoms with Crippen LogP contribution in [0.5, 0.6) is 51.7 Å². The topological polar surface area (TPSA) is 693 Å². The van der Waals surface area contributed by atoms with E-state index in [0.717, 1.165) is 60.7 Å². The number of unbranched alkanes of at least 4 members (excludes halogenated alkanes) is 1. The van der Waals surface area contributed by atoms with Gasteiger partial charge in [0, 0.05) is 54.7 Å². The molecule has 7 aliphatic heterocycles. The largest absolute Gasteiger partial charge is 0.508 e. The summed E-state index contributed by atoms with van der Waals surface area (Å²) in [7, 11) is 1.32. The second-order valence-corrected chi connectivity index (χ2v) is 34.2. The van der Waals surface area contributed by atoms with Crippen molar-refractivity contribution in [3.05, 3.63) is 165 Å². The summed E-state index contributed by atoms with van der Waals surface area (Å²) < 4.78 is 38.6. The number of aliphatic hydroxyl groups is 6. The molecule has 45 heteroatoms. The van der Waals surface area contributed by atoms with Crippen LogP contribution >= 0.6 is 23.2 Å². The molecule has 0 saturated carbocycles. The SMILES string of the molecule is CN[C@H](CC(C)C)C(=O)N[C@@]1(C(=O)N[C@@H](Cc2ccc(O)cc2)C(=O)N[C@@H](Cc2c[nH]cn2)C(=O)N[C@@H](CCCCN)C(=O)O)C(=O)N[C@@H](CC(N)=O)C(=O)N[C@H]2C(=O)N[C@H]3C(=O)N[C@H](C(=O)NCc4cc(O)cc(O)c4-c4cc3ccc4O)[C@H](O[C@H]3C[C@](C)(N)[C@@H](O)[C@H](C)O3)c3ccc(c(Cl)c3)Oc3cc2cc(c3O[C@@H]2O[C@H](CO)[C@@H](O)[C@H](O)[C@H]2O)Oc2ccc(cc2Cl)[C@H]1O. The lowest BCUT2D eigenvalue weighted by Crippen LogP contribution is -2.73. The number of carboxylic acid groups (broad SMARTS) is 1. The van der Waals surface area contributed by atoms with Crippen molar-refractivity contribution in [2.45, 2.75) is 206 Å². The number of nitrogens with two attached hydrogens (primary N) is 3. The number of H-pyrrole nitrogens is 1. The number of nitrogens with zero attached hydrogens (tertiary/aromatic N) is 1. The molecule has 11 bridgehead atoms. The molecule has 10 amide bonds. The minimum Gasteiger partial charge on any atom is -0.508 e. The number of ether oxygens (including phenoxy) is 6. The van der Waals surface area contributed by atoms with Gasteiger partial charge in [-0.05, 0) is 159 Å². The number of carbonyl (C=O) groups excluding carboxylic acids is 10. The number of aromatic hydroxyl groups is 4. The number of fused-ring (bicyclic) bond motifs is 15. The van der Waals surface area contributed by atoms with Crippen molar-refractivity contribution in [3.63, 3.8) is 0 Å². The zero-order valence-electron chi connectivity index (χ0n) is 71.5. The van der Waals surface area contributed by atoms with Crippen molar-refractivity contribution in [1.82, 2.24) is 63.1 Å². The highest BCUT2D eigenvalue weighted by atomic mass is 35.5. The average Bonchev–Trinajstić information content (AvgIpc) is 1.23. The fraction of sp³-hybridized carbons (Fsp3) is 0.425. The number of aliphatic hydroxyl groups excluding tert-OH is 6. The minimum absolute atomic E-state index is 0.0725. The number of aromatic amines is 1. The van der Waals surface area contributed by atoms with Crippen LogP contribution in [0.25, 0.3) is 11.1 Å². The molecular formula is C87H103Cl2N15O28. The summed E-state index contributed by atoms with van der Waals surface area (Å²) in [6.45, 7) is 4.90. The van der Waals surface area contributed by atoms with Gasteiger partial charge < -0.3 is 160 Å². The third-order valence-electron chi connectivity index (χ3n) is 23.1. The van der Waals surface area contributed by atoms with Gasteiger partial charge in [-0.2, -0.15) is 0 Å². The third-order valence-corrected chi connectivity index (χ3v) is 23.7. The summed E-state index contributed by atoms with van der Waals surface area (Å²) in [5.74, 6) is -21.8. The lowest BCUT2D eigenvalue weighted by Gasteiger charge is -2.44. The van der Waals surface area contributed by atoms with Crippen LogP contribution in [0.3, 0.4) is 0 Å². The Kier molecular flexibility index (Phi) is 31.2. The highest BCUT2D eigenvalue weighted by Gasteiger charge is 2.57. The van der Waals surface area contributed by atoms with E-state index in [2.05, 4.69) is 63.1 Å². The number of rotatable bonds is 27. The van der Waals surface area contributed by atoms with Crippen molar-refractivity contribution in [2.75, 3.05) is 20.2 Å². The number of hydrogen-bond donors (Lipinski definition) is 25. The molecule has 132 heavy (non-hydrogen) atoms. The number of nitrogens with one attached hydrogen (secondary N) is 11. The number of aliphatic carboxylic acids is 1. The molecule has 6 aromatic carbocycles. The van der Waals surface area contributed by atoms with E-state index in [0.29, 0.717) is 6.42 Å². The fourth-order valence-electron chi connectivity index (χ4n) is 16.0. The number of likely N-dealkylation sites (N-methyl/N-ethyl adjacent to an activating group) is 1. The van der Waals surface area contributed by atoms with Crippen LogP contribution in [-0.2, 0) is 86.3 Å². The predicted octanol–water partition coefficient (Wildman–Crippen LogP) is -0.567. The second kappa shape index (κ2) is 41.9. The van der Waals surface area contributed by atoms with Crippen LogP contribution < -0.4 is 84.6 Å². The van der Waals surface area contributed by atoms with Gasteiger partial charge in [0.15, 0.2) is 17.8 Å². The molecule has 2 fully saturated rings. The Hall–Kier alpha value is -12.6. The van der Waals surface area contributed by atoms with Crippen molar-refractivity contribution in [2.24, 2.45) is 23.1 Å². The molecular weight excluding hydrogens is 1770 g/mol. The third kappa shape index (κ3) is 22.2. The van der Waals surface area contributed by atoms with Crippen LogP contribution in [0.1, 0.15) is 130 Å². The number of phenols is 4. The van der Waals surface area contributed by atoms with Crippen LogP contribution in [0, 0.1) is 5.92 Å². The van der Waals surface area contributed by atoms with E-state index in [1.54, 1.807) is 13.8 Å². The molecule has 0 radical (unpaired) electrons. The number of carboxylic acids is 1. The lowest BCUT2D eigenvalue weighted by molar-refractivity contribution is -0.277. The number of halogens is 2. The van der Waals surface area contributed by atoms with Crippen molar-refractivity contribution < 1.29 is 137 Å². The Labute approximate surface area is 762 Å². The van der Waals surface area contributed by atoms with E-state index in [4.69, 9.17) is 68.8 Å². The lowest BCUT2D eigenvalue weighted by atomic mass is 9.83. The molecule has 14 rings (SSSR count). The first-order valence-electron chi connectivity index (χ1n) is 41.9. The van der Waals surface area contributed by atoms with Crippen LogP contribution in [0.15, 0.2) is 116 Å². The van der Waals surface area contributed by atoms with Crippen molar-refractivity contribution in [3.8, 4) is 62.9 Å². The van der Waals surface area contributed by atoms with Crippen molar-refractivity contribution in [1.29, 1.82) is 0 Å². The Bertz CT molecular complexity index is 5480. The number of hydrogen-bond acceptors (Lipinski definition) is 31. The van der Waals surface area contributed by atoms with Crippen molar-refractivity contribution >= 4 is 88.2 Å². The normalized spacial score (nSPS) is 25.9. The number of amides is 10. The smallest absolute Gasteiger partial charge is 0.326 e. The van der Waals surface area contributed by atoms with Gasteiger partial charge >= 0.3 is 5.97 Å². The minimum atomic E-state index is -3.77. The number of carbonyl (C=O) groups is 11. The number of primary amides is 1. The predicted molar refractivity (Wildman–Crippen MR) is 462 cm³/mol. The van der Waals surface area contributed by atoms with E-state index in [1.807, 2.05) is 0 Å². The first-order chi connectivity index (χ1) is 62.6. The van der Waals surface area contributed by atoms with Crippen LogP contribution in [0.4, 0.5) is 0 Å². The van der Waals surface area contributed by atoms with Gasteiger partial charge in [0.05, 0.1) is 53.3 Å². The molecule has 20 atom stereocenters. The molecule has 2 saturated heterocycles. The van der Waals surface area contributed by atoms with Gasteiger partial charge in [-0.3, -0.25) is 47.9 Å². The highest BCUT2D eigenvalue weighted by molar-refractivity contribution is 6.32. The van der Waals surface area contributed by atoms with E-state index >= 15 is 38.4 Å². The molecule has 43 nitrogen and oxygen atoms in total. The zero-order valence-corrected chi connectivity index (χ0v) is 73.0. The Morgan fingerprint density at radius 2 is 1.30 bits per heavy atom. The van der Waals surface area contributed by atoms with E-state index in [-0.39, 0.29) is 77.1 Å². The maximum atomic E-state index is 16.7. The molecule has 1 aromatic heterocycles. The zero-order chi connectivity index (χ0) is 95.8. The van der Waals surface area contributed by atoms with E-state index in [1.165, 1.54) is 75.9 Å². The van der Waals surface area contributed by atoms with Crippen LogP contribution in [0.2, 0.25) is 10.0 Å². The Morgan fingerprint density at radius 3 is 1.91 bits per heavy atom. The molecule has 7 aliphatic rings. The van der Waals surface area contributed by atoms with Gasteiger partial charge in [-0.1, -0.05) is 67.4 Å². The van der Waals surface area contributed by atoms with Gasteiger partial charge in [-0.15, -0.1) is 0 Å². The molecule has 0 aliphatic carbocycles. The average molecular weight is 1880 g/mol. The highest BCUT2D eigenvalue weighted by Crippen LogP contribution is 2.50. The Morgan fingerprint density at radius 1 is 0.667 bits per heavy atom. The number of imidazole rings is 1. The maximum Gasteiger partial charge on any atom is 0.326 e. The van der Waals surface area contributed by atoms with Gasteiger partial charge in [0.25, 0.3) is 11.8 Å². The summed E-state index contributed by atoms with van der Waals surface area (Å²) in [5, 5.41) is 149. The number of aromatic nitrogens is 2. The van der Waals surface area contributed by atoms with E-state index in [9.17, 15) is 70.6 Å². The summed E-state index contributed by atoms with van der Waals surface area (Å²) in [6, 6.07) is 2.41. The van der Waals surface area contributed by atoms with Gasteiger partial charge in [0.2, 0.25) is 64.8 Å². The number of benzene rings is 6. The summed E-state index contributed by atoms with van der Waals surface area (Å²) in [4.78, 5) is 177. The summed E-state index contributed by atoms with van der Waals surface area (Å²) in [5.41, 5.74) is 11.1. The molecule has 0 unspecified atom stereocenters. The molecule has 708 valence electrons. The van der Waals surface area contributed by atoms with Crippen LogP contribution in [-0.4, -0.2) is 248 Å². The summed E-state index contributed by atoms with van der Waals surface area (Å²) in [6.07, 6.45) is -18.9. The molecule has 7 aromatic rings. The number of phenolic OH excluding ortho intramolecular Hbond substituents is 4. The first-order valence-corrected chi connectivity index (χ1v) is 42.7. The molecule has 28 N–H and O–H groups in total. The molecule has 8 heterocycles. The standard InChI is InChI=1S/C87H103Cl2N15O28/c1-36(2)20-51(93-5)78(119)104-87(84(125)99-52(21-38-9-14-45(106)15-10-38)75(116)98-53(28-44-33-94-35-96-44)76(117)97-50(82(123)124)8-6-7-19-90)74(115)41-13-18-58(49(89)25-41)129-60-27-42-26-59(72(60)132-83-70(113)69(112)68(111)61(34-105)130-83)128-57-17-12-40(24-48(57)88)71(131-63-31-86(4,92)73(114)37(3)127-63)67-79(120)95-32-43-22-46(107)29-56(109)64(43)47-23-39(11-16-55(47)108)65(80(121)103-67)102-81(122)66(42)101-77(118)54(30-62(91)110)100-85(87)126/h9-18,22-27,29,33,35-37,50-54,61,63,65-71,73-74,83,93,105-109,111-115H,6-8,19-21,28,30-32,34,90,92H2,1-5H3,(H2,91,110)(H,94,96)(H,95,120)(H,97,117)(H,98,116)(H,99,125)(H,100,126)(H,101,118)(H,102,122)(H,103,121)(H,104,119)(H,123,124)/t37-,50-,51+,52-,53-,54-,61+,63-,65+,66+,67-,68+,69-,70+,71+,73-,74+,83-,86-,87-/m0/s1. The fourth-order valence-corrected chi connectivity index (χ4v) is 16.5. The first kappa shape index (κ1) is 98.4. The van der Waals surface area contributed by atoms with E-state index < -0.39 is 291 Å².